The van der Waals surface area contributed by atoms with Crippen molar-refractivity contribution in [3.8, 4) is 11.5 Å². The molecule has 1 amide bonds. The van der Waals surface area contributed by atoms with Crippen molar-refractivity contribution in [1.82, 2.24) is 10.6 Å². The number of hydrogen-bond acceptors (Lipinski definition) is 5. The molecular weight excluding hydrogens is 372 g/mol. The van der Waals surface area contributed by atoms with Gasteiger partial charge in [0.15, 0.2) is 11.5 Å². The van der Waals surface area contributed by atoms with Crippen LogP contribution >= 0.6 is 24.2 Å². The molecule has 0 spiro atoms. The molecule has 2 saturated heterocycles. The van der Waals surface area contributed by atoms with E-state index in [1.165, 1.54) is 12.8 Å². The molecule has 1 aromatic rings. The summed E-state index contributed by atoms with van der Waals surface area (Å²) in [6.07, 6.45) is 6.15. The highest BCUT2D eigenvalue weighted by molar-refractivity contribution is 7.99. The fourth-order valence-corrected chi connectivity index (χ4v) is 4.85. The molecule has 4 rings (SSSR count). The van der Waals surface area contributed by atoms with Crippen LogP contribution in [0.25, 0.3) is 0 Å². The Labute approximate surface area is 165 Å². The first-order valence-electron chi connectivity index (χ1n) is 9.34. The predicted octanol–water partition coefficient (Wildman–Crippen LogP) is 3.15. The lowest BCUT2D eigenvalue weighted by atomic mass is 10.00. The minimum atomic E-state index is 0. The van der Waals surface area contributed by atoms with Crippen molar-refractivity contribution in [3.05, 3.63) is 18.2 Å². The Morgan fingerprint density at radius 2 is 1.88 bits per heavy atom. The molecule has 0 aromatic heterocycles. The van der Waals surface area contributed by atoms with Gasteiger partial charge in [0.1, 0.15) is 0 Å². The molecule has 2 N–H and O–H groups in total. The lowest BCUT2D eigenvalue weighted by molar-refractivity contribution is -0.121. The predicted molar refractivity (Wildman–Crippen MR) is 106 cm³/mol. The fourth-order valence-electron chi connectivity index (χ4n) is 3.97. The van der Waals surface area contributed by atoms with Gasteiger partial charge < -0.3 is 20.1 Å². The molecule has 3 aliphatic heterocycles. The second-order valence-corrected chi connectivity index (χ2v) is 8.30. The normalized spacial score (nSPS) is 26.5. The molecule has 5 nitrogen and oxygen atoms in total. The maximum atomic E-state index is 12.2. The highest BCUT2D eigenvalue weighted by atomic mass is 35.5. The standard InChI is InChI=1S/C19H26N2O3S.ClH/c22-19(21-15-10-13-2-3-14(11-15)20-13)6-9-25-16-4-5-17-18(12-16)24-8-1-7-23-17;/h4-5,12-15,20H,1-3,6-11H2,(H,21,22);1H. The summed E-state index contributed by atoms with van der Waals surface area (Å²) in [5.41, 5.74) is 0. The zero-order valence-corrected chi connectivity index (χ0v) is 16.5. The van der Waals surface area contributed by atoms with Crippen molar-refractivity contribution >= 4 is 30.1 Å². The van der Waals surface area contributed by atoms with E-state index in [1.807, 2.05) is 18.2 Å². The summed E-state index contributed by atoms with van der Waals surface area (Å²) in [6, 6.07) is 7.61. The second kappa shape index (κ2) is 9.20. The first-order valence-corrected chi connectivity index (χ1v) is 10.3. The molecule has 2 unspecified atom stereocenters. The van der Waals surface area contributed by atoms with Crippen LogP contribution in [0.4, 0.5) is 0 Å². The maximum Gasteiger partial charge on any atom is 0.221 e. The SMILES string of the molecule is Cl.O=C(CCSc1ccc2c(c1)OCCCO2)NC1CC2CCC(C1)N2. The highest BCUT2D eigenvalue weighted by Gasteiger charge is 2.33. The minimum Gasteiger partial charge on any atom is -0.490 e. The van der Waals surface area contributed by atoms with Crippen LogP contribution < -0.4 is 20.1 Å². The molecule has 0 radical (unpaired) electrons. The van der Waals surface area contributed by atoms with Gasteiger partial charge in [0.25, 0.3) is 0 Å². The lowest BCUT2D eigenvalue weighted by Crippen LogP contribution is -2.48. The van der Waals surface area contributed by atoms with Crippen LogP contribution in [0.5, 0.6) is 11.5 Å². The molecule has 0 saturated carbocycles. The van der Waals surface area contributed by atoms with Gasteiger partial charge in [-0.3, -0.25) is 4.79 Å². The molecule has 1 aromatic carbocycles. The van der Waals surface area contributed by atoms with Gasteiger partial charge in [-0.2, -0.15) is 0 Å². The topological polar surface area (TPSA) is 59.6 Å². The van der Waals surface area contributed by atoms with E-state index in [2.05, 4.69) is 10.6 Å². The first kappa shape index (κ1) is 19.6. The minimum absolute atomic E-state index is 0. The largest absolute Gasteiger partial charge is 0.490 e. The van der Waals surface area contributed by atoms with E-state index in [-0.39, 0.29) is 18.3 Å². The third-order valence-electron chi connectivity index (χ3n) is 5.16. The smallest absolute Gasteiger partial charge is 0.221 e. The average Bonchev–Trinajstić information content (AvgIpc) is 2.81. The molecule has 2 fully saturated rings. The number of amides is 1. The van der Waals surface area contributed by atoms with Crippen LogP contribution in [0.2, 0.25) is 0 Å². The molecule has 2 bridgehead atoms. The van der Waals surface area contributed by atoms with Crippen molar-refractivity contribution < 1.29 is 14.3 Å². The van der Waals surface area contributed by atoms with E-state index in [9.17, 15) is 4.79 Å². The number of piperidine rings is 1. The van der Waals surface area contributed by atoms with E-state index in [1.54, 1.807) is 11.8 Å². The van der Waals surface area contributed by atoms with Crippen molar-refractivity contribution in [1.29, 1.82) is 0 Å². The molecule has 2 atom stereocenters. The number of carbonyl (C=O) groups is 1. The van der Waals surface area contributed by atoms with Crippen molar-refractivity contribution in [2.45, 2.75) is 61.5 Å². The number of halogens is 1. The van der Waals surface area contributed by atoms with Crippen molar-refractivity contribution in [3.63, 3.8) is 0 Å². The number of carbonyl (C=O) groups excluding carboxylic acids is 1. The Balaban J connectivity index is 0.00000196. The molecule has 0 aliphatic carbocycles. The van der Waals surface area contributed by atoms with Gasteiger partial charge in [0.05, 0.1) is 13.2 Å². The number of benzene rings is 1. The summed E-state index contributed by atoms with van der Waals surface area (Å²) in [7, 11) is 0. The zero-order valence-electron chi connectivity index (χ0n) is 14.9. The molecule has 26 heavy (non-hydrogen) atoms. The summed E-state index contributed by atoms with van der Waals surface area (Å²) >= 11 is 1.70. The van der Waals surface area contributed by atoms with Gasteiger partial charge in [0.2, 0.25) is 5.91 Å². The zero-order chi connectivity index (χ0) is 17.1. The number of rotatable bonds is 5. The average molecular weight is 399 g/mol. The van der Waals surface area contributed by atoms with Gasteiger partial charge in [-0.25, -0.2) is 0 Å². The number of ether oxygens (including phenoxy) is 2. The van der Waals surface area contributed by atoms with E-state index in [4.69, 9.17) is 9.47 Å². The Morgan fingerprint density at radius 3 is 2.65 bits per heavy atom. The lowest BCUT2D eigenvalue weighted by Gasteiger charge is -2.29. The van der Waals surface area contributed by atoms with Gasteiger partial charge in [0, 0.05) is 41.6 Å². The van der Waals surface area contributed by atoms with Gasteiger partial charge in [-0.1, -0.05) is 0 Å². The fraction of sp³-hybridized carbons (Fsp3) is 0.632. The van der Waals surface area contributed by atoms with E-state index >= 15 is 0 Å². The molecule has 3 heterocycles. The Morgan fingerprint density at radius 1 is 1.15 bits per heavy atom. The van der Waals surface area contributed by atoms with E-state index < -0.39 is 0 Å². The molecular formula is C19H27ClN2O3S. The van der Waals surface area contributed by atoms with E-state index in [0.717, 1.165) is 41.4 Å². The van der Waals surface area contributed by atoms with Crippen molar-refractivity contribution in [2.24, 2.45) is 0 Å². The maximum absolute atomic E-state index is 12.2. The van der Waals surface area contributed by atoms with E-state index in [0.29, 0.717) is 37.8 Å². The van der Waals surface area contributed by atoms with Crippen LogP contribution in [-0.4, -0.2) is 43.0 Å². The third-order valence-corrected chi connectivity index (χ3v) is 6.15. The second-order valence-electron chi connectivity index (χ2n) is 7.13. The van der Waals surface area contributed by atoms with Crippen LogP contribution in [0.15, 0.2) is 23.1 Å². The summed E-state index contributed by atoms with van der Waals surface area (Å²) in [4.78, 5) is 13.3. The number of thioether (sulfide) groups is 1. The Hall–Kier alpha value is -1.11. The van der Waals surface area contributed by atoms with Crippen molar-refractivity contribution in [2.75, 3.05) is 19.0 Å². The highest BCUT2D eigenvalue weighted by Crippen LogP contribution is 2.34. The van der Waals surface area contributed by atoms with Crippen LogP contribution in [0.1, 0.15) is 38.5 Å². The van der Waals surface area contributed by atoms with Crippen LogP contribution in [-0.2, 0) is 4.79 Å². The van der Waals surface area contributed by atoms with Gasteiger partial charge in [-0.15, -0.1) is 24.2 Å². The third kappa shape index (κ3) is 4.99. The quantitative estimate of drug-likeness (QED) is 0.746. The number of hydrogen-bond donors (Lipinski definition) is 2. The van der Waals surface area contributed by atoms with Gasteiger partial charge in [-0.05, 0) is 43.9 Å². The molecule has 7 heteroatoms. The number of fused-ring (bicyclic) bond motifs is 3. The number of nitrogens with one attached hydrogen (secondary N) is 2. The van der Waals surface area contributed by atoms with Crippen LogP contribution in [0.3, 0.4) is 0 Å². The Kier molecular flexibility index (Phi) is 6.95. The molecule has 3 aliphatic rings. The monoisotopic (exact) mass is 398 g/mol. The summed E-state index contributed by atoms with van der Waals surface area (Å²) in [6.45, 7) is 1.40. The summed E-state index contributed by atoms with van der Waals surface area (Å²) in [5.74, 6) is 2.59. The Bertz CT molecular complexity index is 619. The molecule has 144 valence electrons. The van der Waals surface area contributed by atoms with Crippen LogP contribution in [0, 0.1) is 0 Å². The first-order chi connectivity index (χ1) is 12.3. The summed E-state index contributed by atoms with van der Waals surface area (Å²) < 4.78 is 11.4. The van der Waals surface area contributed by atoms with Gasteiger partial charge >= 0.3 is 0 Å². The summed E-state index contributed by atoms with van der Waals surface area (Å²) in [5, 5.41) is 6.84.